The number of aryl methyl sites for hydroxylation is 2. The van der Waals surface area contributed by atoms with Crippen molar-refractivity contribution in [1.29, 1.82) is 0 Å². The van der Waals surface area contributed by atoms with Crippen LogP contribution in [0.1, 0.15) is 30.9 Å². The lowest BCUT2D eigenvalue weighted by molar-refractivity contribution is -0.135. The molecule has 0 saturated carbocycles. The molecule has 2 N–H and O–H groups in total. The van der Waals surface area contributed by atoms with E-state index in [4.69, 9.17) is 9.05 Å². The fourth-order valence-corrected chi connectivity index (χ4v) is 6.28. The van der Waals surface area contributed by atoms with Gasteiger partial charge < -0.3 is 14.4 Å². The first-order valence-corrected chi connectivity index (χ1v) is 13.1. The highest BCUT2D eigenvalue weighted by Gasteiger charge is 2.37. The van der Waals surface area contributed by atoms with E-state index in [0.29, 0.717) is 25.0 Å². The second-order valence-corrected chi connectivity index (χ2v) is 11.2. The lowest BCUT2D eigenvalue weighted by atomic mass is 10.1. The summed E-state index contributed by atoms with van der Waals surface area (Å²) in [4.78, 5) is 39.0. The highest BCUT2D eigenvalue weighted by atomic mass is 31.2. The number of imidazole rings is 1. The molecular weight excluding hydrogens is 461 g/mol. The molecule has 2 unspecified atom stereocenters. The third-order valence-corrected chi connectivity index (χ3v) is 8.87. The van der Waals surface area contributed by atoms with Gasteiger partial charge in [-0.05, 0) is 43.5 Å². The molecule has 1 aromatic heterocycles. The Balaban J connectivity index is 1.43. The fraction of sp³-hybridized carbons (Fsp3) is 0.591. The van der Waals surface area contributed by atoms with Gasteiger partial charge in [-0.3, -0.25) is 33.5 Å². The number of piperazine rings is 1. The third kappa shape index (κ3) is 4.76. The zero-order chi connectivity index (χ0) is 24.5. The Morgan fingerprint density at radius 1 is 1.15 bits per heavy atom. The Morgan fingerprint density at radius 2 is 1.91 bits per heavy atom. The quantitative estimate of drug-likeness (QED) is 0.412. The van der Waals surface area contributed by atoms with Crippen LogP contribution in [0.15, 0.2) is 23.0 Å². The average Bonchev–Trinajstić information content (AvgIpc) is 3.08. The number of hydrogen-bond acceptors (Lipinski definition) is 8. The van der Waals surface area contributed by atoms with Crippen LogP contribution in [0, 0.1) is 0 Å². The van der Waals surface area contributed by atoms with Gasteiger partial charge >= 0.3 is 13.3 Å². The summed E-state index contributed by atoms with van der Waals surface area (Å²) < 4.78 is 26.0. The molecule has 2 atom stereocenters. The number of imide groups is 1. The molecule has 186 valence electrons. The van der Waals surface area contributed by atoms with Crippen LogP contribution < -0.4 is 16.3 Å². The Morgan fingerprint density at radius 3 is 2.62 bits per heavy atom. The van der Waals surface area contributed by atoms with Crippen molar-refractivity contribution in [2.24, 2.45) is 7.05 Å². The summed E-state index contributed by atoms with van der Waals surface area (Å²) in [6.07, 6.45) is 2.24. The van der Waals surface area contributed by atoms with Gasteiger partial charge in [-0.15, -0.1) is 0 Å². The molecule has 2 aliphatic rings. The smallest absolute Gasteiger partial charge is 0.311 e. The maximum Gasteiger partial charge on any atom is 0.348 e. The van der Waals surface area contributed by atoms with Crippen LogP contribution in [0.3, 0.4) is 0 Å². The molecule has 0 bridgehead atoms. The van der Waals surface area contributed by atoms with Crippen LogP contribution in [0.4, 0.5) is 0 Å². The zero-order valence-corrected chi connectivity index (χ0v) is 20.7. The molecule has 34 heavy (non-hydrogen) atoms. The monoisotopic (exact) mass is 493 g/mol. The second-order valence-electron chi connectivity index (χ2n) is 8.78. The molecule has 4 rings (SSSR count). The molecule has 0 aliphatic carbocycles. The molecule has 2 saturated heterocycles. The van der Waals surface area contributed by atoms with Crippen LogP contribution in [0.5, 0.6) is 0 Å². The summed E-state index contributed by atoms with van der Waals surface area (Å²) in [5.74, 6) is -1.09. The third-order valence-electron chi connectivity index (χ3n) is 6.75. The topological polar surface area (TPSA) is 124 Å². The Labute approximate surface area is 197 Å². The molecule has 2 amide bonds. The number of hydrogen-bond donors (Lipinski definition) is 2. The fourth-order valence-electron chi connectivity index (χ4n) is 4.83. The van der Waals surface area contributed by atoms with Crippen LogP contribution in [-0.4, -0.2) is 72.0 Å². The van der Waals surface area contributed by atoms with Gasteiger partial charge in [0.2, 0.25) is 11.8 Å². The van der Waals surface area contributed by atoms with Gasteiger partial charge in [0, 0.05) is 47.3 Å². The van der Waals surface area contributed by atoms with Crippen LogP contribution >= 0.6 is 7.60 Å². The number of nitrogens with zero attached hydrogens (tertiary/aromatic N) is 3. The van der Waals surface area contributed by atoms with Crippen LogP contribution in [0.25, 0.3) is 11.0 Å². The minimum atomic E-state index is -3.17. The second kappa shape index (κ2) is 10.1. The molecule has 11 nitrogen and oxygen atoms in total. The number of nitrogens with one attached hydrogen (secondary N) is 2. The molecule has 2 aliphatic heterocycles. The summed E-state index contributed by atoms with van der Waals surface area (Å²) in [6.45, 7) is 2.98. The summed E-state index contributed by atoms with van der Waals surface area (Å²) >= 11 is 0. The first kappa shape index (κ1) is 24.8. The van der Waals surface area contributed by atoms with Gasteiger partial charge in [-0.2, -0.15) is 0 Å². The van der Waals surface area contributed by atoms with Crippen molar-refractivity contribution in [2.45, 2.75) is 37.5 Å². The predicted octanol–water partition coefficient (Wildman–Crippen LogP) is 0.968. The van der Waals surface area contributed by atoms with Gasteiger partial charge in [0.25, 0.3) is 0 Å². The summed E-state index contributed by atoms with van der Waals surface area (Å²) in [5, 5.41) is 5.56. The summed E-state index contributed by atoms with van der Waals surface area (Å²) in [5.41, 5.74) is 2.27. The normalized spacial score (nSPS) is 22.3. The molecule has 2 aromatic rings. The Bertz CT molecular complexity index is 1180. The molecule has 1 aromatic carbocycles. The molecule has 12 heteroatoms. The number of aromatic nitrogens is 2. The minimum Gasteiger partial charge on any atom is -0.311 e. The number of fused-ring (bicyclic) bond motifs is 1. The van der Waals surface area contributed by atoms with Crippen molar-refractivity contribution in [3.63, 3.8) is 0 Å². The number of benzene rings is 1. The van der Waals surface area contributed by atoms with Gasteiger partial charge in [-0.1, -0.05) is 6.07 Å². The number of carbonyl (C=O) groups is 2. The van der Waals surface area contributed by atoms with E-state index < -0.39 is 19.5 Å². The number of piperidine rings is 1. The maximum atomic E-state index is 12.9. The van der Waals surface area contributed by atoms with Gasteiger partial charge in [0.05, 0.1) is 11.0 Å². The van der Waals surface area contributed by atoms with E-state index in [1.807, 2.05) is 18.2 Å². The average molecular weight is 494 g/mol. The van der Waals surface area contributed by atoms with Gasteiger partial charge in [0.1, 0.15) is 11.8 Å². The Kier molecular flexibility index (Phi) is 7.39. The molecular formula is C22H32N5O6P. The number of amides is 2. The van der Waals surface area contributed by atoms with E-state index in [1.165, 1.54) is 18.8 Å². The standard InChI is InChI=1S/C22H32N5O6P/c1-25-18-13-15(5-4-11-26-12-10-23-20(14-26)34(31,32-2)33-3)6-7-16(18)27(22(25)30)17-8-9-19(28)24-21(17)29/h6-7,13,17,20,23H,4-5,8-12,14H2,1-3H3,(H,24,28,29). The van der Waals surface area contributed by atoms with E-state index in [-0.39, 0.29) is 23.8 Å². The maximum absolute atomic E-state index is 12.9. The van der Waals surface area contributed by atoms with Crippen LogP contribution in [0.2, 0.25) is 0 Å². The van der Waals surface area contributed by atoms with E-state index in [2.05, 4.69) is 15.5 Å². The highest BCUT2D eigenvalue weighted by Crippen LogP contribution is 2.51. The SMILES string of the molecule is COP(=O)(OC)C1CN(CCCc2ccc3c(c2)n(C)c(=O)n3C2CCC(=O)NC2=O)CCN1. The highest BCUT2D eigenvalue weighted by molar-refractivity contribution is 7.54. The summed E-state index contributed by atoms with van der Waals surface area (Å²) in [7, 11) is 1.33. The van der Waals surface area contributed by atoms with Crippen molar-refractivity contribution >= 4 is 30.4 Å². The van der Waals surface area contributed by atoms with Crippen LogP contribution in [-0.2, 0) is 36.7 Å². The Hall–Kier alpha value is -2.30. The van der Waals surface area contributed by atoms with Crippen molar-refractivity contribution in [3.05, 3.63) is 34.2 Å². The van der Waals surface area contributed by atoms with E-state index in [1.54, 1.807) is 11.6 Å². The van der Waals surface area contributed by atoms with Gasteiger partial charge in [-0.25, -0.2) is 4.79 Å². The van der Waals surface area contributed by atoms with Crippen molar-refractivity contribution in [1.82, 2.24) is 24.7 Å². The molecule has 0 radical (unpaired) electrons. The number of carbonyl (C=O) groups excluding carboxylic acids is 2. The van der Waals surface area contributed by atoms with E-state index in [0.717, 1.165) is 37.0 Å². The molecule has 2 fully saturated rings. The largest absolute Gasteiger partial charge is 0.348 e. The lowest BCUT2D eigenvalue weighted by Crippen LogP contribution is -2.50. The van der Waals surface area contributed by atoms with Crippen molar-refractivity contribution < 1.29 is 23.2 Å². The van der Waals surface area contributed by atoms with E-state index >= 15 is 0 Å². The predicted molar refractivity (Wildman–Crippen MR) is 127 cm³/mol. The molecule has 3 heterocycles. The van der Waals surface area contributed by atoms with Crippen molar-refractivity contribution in [2.75, 3.05) is 40.4 Å². The van der Waals surface area contributed by atoms with Gasteiger partial charge in [0.15, 0.2) is 0 Å². The summed E-state index contributed by atoms with van der Waals surface area (Å²) in [6, 6.07) is 5.17. The minimum absolute atomic E-state index is 0.217. The first-order chi connectivity index (χ1) is 16.3. The zero-order valence-electron chi connectivity index (χ0n) is 19.8. The molecule has 0 spiro atoms. The van der Waals surface area contributed by atoms with Crippen molar-refractivity contribution in [3.8, 4) is 0 Å². The van der Waals surface area contributed by atoms with E-state index in [9.17, 15) is 18.9 Å². The first-order valence-electron chi connectivity index (χ1n) is 11.5. The lowest BCUT2D eigenvalue weighted by Gasteiger charge is -2.35. The number of rotatable bonds is 8.